The van der Waals surface area contributed by atoms with Crippen LogP contribution in [0.3, 0.4) is 0 Å². The smallest absolute Gasteiger partial charge is 0.230 e. The van der Waals surface area contributed by atoms with Crippen LogP contribution >= 0.6 is 11.6 Å². The first kappa shape index (κ1) is 21.5. The average Bonchev–Trinajstić information content (AvgIpc) is 3.65. The molecule has 0 radical (unpaired) electrons. The van der Waals surface area contributed by atoms with Gasteiger partial charge in [0.25, 0.3) is 0 Å². The molecule has 0 bridgehead atoms. The molecule has 1 aromatic carbocycles. The molecule has 4 aromatic rings. The molecule has 0 aliphatic carbocycles. The fourth-order valence-corrected chi connectivity index (χ4v) is 5.50. The van der Waals surface area contributed by atoms with E-state index in [1.165, 1.54) is 4.90 Å². The van der Waals surface area contributed by atoms with Gasteiger partial charge in [-0.2, -0.15) is 5.10 Å². The zero-order valence-corrected chi connectivity index (χ0v) is 19.9. The molecule has 0 saturated carbocycles. The minimum Gasteiger partial charge on any atom is -0.481 e. The number of hydrogen-bond acceptors (Lipinski definition) is 8. The van der Waals surface area contributed by atoms with E-state index in [9.17, 15) is 9.59 Å². The summed E-state index contributed by atoms with van der Waals surface area (Å²) in [6, 6.07) is 7.40. The van der Waals surface area contributed by atoms with Crippen molar-refractivity contribution in [3.63, 3.8) is 0 Å². The van der Waals surface area contributed by atoms with Crippen LogP contribution in [0.25, 0.3) is 16.9 Å². The number of amides is 2. The predicted octanol–water partition coefficient (Wildman–Crippen LogP) is 3.01. The monoisotopic (exact) mass is 504 g/mol. The van der Waals surface area contributed by atoms with Crippen molar-refractivity contribution in [1.82, 2.24) is 30.0 Å². The summed E-state index contributed by atoms with van der Waals surface area (Å²) < 4.78 is 13.9. The Morgan fingerprint density at radius 3 is 2.86 bits per heavy atom. The Balaban J connectivity index is 1.27. The second kappa shape index (κ2) is 8.14. The van der Waals surface area contributed by atoms with Gasteiger partial charge in [-0.3, -0.25) is 14.5 Å². The Hall–Kier alpha value is -3.76. The lowest BCUT2D eigenvalue weighted by atomic mass is 10.0. The lowest BCUT2D eigenvalue weighted by Gasteiger charge is -2.15. The van der Waals surface area contributed by atoms with Gasteiger partial charge in [0.05, 0.1) is 23.6 Å². The molecule has 1 atom stereocenters. The number of nitrogens with one attached hydrogen (secondary N) is 1. The molecular formula is C25H21ClN6O4. The van der Waals surface area contributed by atoms with Crippen LogP contribution in [0, 0.1) is 0 Å². The molecule has 10 nitrogen and oxygen atoms in total. The molecule has 7 rings (SSSR count). The summed E-state index contributed by atoms with van der Waals surface area (Å²) in [4.78, 5) is 29.8. The van der Waals surface area contributed by atoms with Crippen molar-refractivity contribution in [2.75, 3.05) is 6.54 Å². The Morgan fingerprint density at radius 2 is 2.00 bits per heavy atom. The largest absolute Gasteiger partial charge is 0.481 e. The van der Waals surface area contributed by atoms with Crippen molar-refractivity contribution in [2.24, 2.45) is 0 Å². The van der Waals surface area contributed by atoms with Crippen LogP contribution in [0.15, 0.2) is 35.0 Å². The number of likely N-dealkylation sites (tertiary alicyclic amines) is 1. The third kappa shape index (κ3) is 3.40. The summed E-state index contributed by atoms with van der Waals surface area (Å²) in [6.07, 6.45) is 3.33. The van der Waals surface area contributed by atoms with E-state index in [1.54, 1.807) is 16.8 Å². The van der Waals surface area contributed by atoms with E-state index in [1.807, 2.05) is 18.2 Å². The molecule has 0 spiro atoms. The van der Waals surface area contributed by atoms with Crippen LogP contribution in [-0.4, -0.2) is 43.0 Å². The van der Waals surface area contributed by atoms with E-state index in [4.69, 9.17) is 20.9 Å². The number of aromatic nitrogens is 4. The number of rotatable bonds is 4. The summed E-state index contributed by atoms with van der Waals surface area (Å²) in [5.74, 6) is 1.11. The SMILES string of the molecule is O=C1CCC(=O)N1Cc1cc2nccc(-c3cc(Cl)cc4c3OC(c3onc5c3CNCC5)C4)n2n1. The Bertz CT molecular complexity index is 1540. The molecule has 3 aromatic heterocycles. The molecule has 1 saturated heterocycles. The van der Waals surface area contributed by atoms with Gasteiger partial charge in [0.15, 0.2) is 17.5 Å². The number of ether oxygens (including phenoxy) is 1. The fourth-order valence-electron chi connectivity index (χ4n) is 5.26. The number of fused-ring (bicyclic) bond motifs is 3. The van der Waals surface area contributed by atoms with Gasteiger partial charge in [0.1, 0.15) is 5.75 Å². The first-order chi connectivity index (χ1) is 17.5. The number of nitrogens with zero attached hydrogens (tertiary/aromatic N) is 5. The number of benzene rings is 1. The predicted molar refractivity (Wildman–Crippen MR) is 127 cm³/mol. The highest BCUT2D eigenvalue weighted by Crippen LogP contribution is 2.46. The molecule has 182 valence electrons. The van der Waals surface area contributed by atoms with Gasteiger partial charge in [-0.1, -0.05) is 16.8 Å². The van der Waals surface area contributed by atoms with E-state index < -0.39 is 0 Å². The quantitative estimate of drug-likeness (QED) is 0.422. The van der Waals surface area contributed by atoms with Gasteiger partial charge in [-0.05, 0) is 18.2 Å². The highest BCUT2D eigenvalue weighted by molar-refractivity contribution is 6.31. The third-order valence-electron chi connectivity index (χ3n) is 6.99. The molecular weight excluding hydrogens is 484 g/mol. The first-order valence-corrected chi connectivity index (χ1v) is 12.3. The summed E-state index contributed by atoms with van der Waals surface area (Å²) in [7, 11) is 0. The number of hydrogen-bond donors (Lipinski definition) is 1. The fraction of sp³-hybridized carbons (Fsp3) is 0.320. The standard InChI is InChI=1S/C25H21ClN6O4/c26-14-7-13-8-20(25-17-11-27-5-3-18(17)30-36-25)35-24(13)16(9-14)19-4-6-28-21-10-15(29-32(19)21)12-31-22(33)1-2-23(31)34/h4,6-7,9-10,20,27H,1-3,5,8,11-12H2. The highest BCUT2D eigenvalue weighted by Gasteiger charge is 2.35. The lowest BCUT2D eigenvalue weighted by molar-refractivity contribution is -0.139. The number of halogens is 1. The second-order valence-corrected chi connectivity index (χ2v) is 9.70. The second-order valence-electron chi connectivity index (χ2n) is 9.26. The van der Waals surface area contributed by atoms with Gasteiger partial charge in [0, 0.05) is 72.7 Å². The Kier molecular flexibility index (Phi) is 4.87. The summed E-state index contributed by atoms with van der Waals surface area (Å²) in [5, 5.41) is 12.9. The van der Waals surface area contributed by atoms with E-state index >= 15 is 0 Å². The maximum Gasteiger partial charge on any atom is 0.230 e. The third-order valence-corrected chi connectivity index (χ3v) is 7.21. The van der Waals surface area contributed by atoms with Gasteiger partial charge in [0.2, 0.25) is 11.8 Å². The number of carbonyl (C=O) groups is 2. The molecule has 2 amide bonds. The first-order valence-electron chi connectivity index (χ1n) is 11.9. The highest BCUT2D eigenvalue weighted by atomic mass is 35.5. The molecule has 1 unspecified atom stereocenters. The summed E-state index contributed by atoms with van der Waals surface area (Å²) >= 11 is 6.54. The molecule has 6 heterocycles. The maximum atomic E-state index is 12.1. The lowest BCUT2D eigenvalue weighted by Crippen LogP contribution is -2.28. The number of imide groups is 1. The van der Waals surface area contributed by atoms with Crippen molar-refractivity contribution in [2.45, 2.75) is 44.9 Å². The van der Waals surface area contributed by atoms with Crippen molar-refractivity contribution in [3.05, 3.63) is 63.8 Å². The minimum atomic E-state index is -0.300. The Labute approximate surface area is 210 Å². The van der Waals surface area contributed by atoms with Crippen molar-refractivity contribution < 1.29 is 18.8 Å². The topological polar surface area (TPSA) is 115 Å². The molecule has 3 aliphatic heterocycles. The van der Waals surface area contributed by atoms with Crippen molar-refractivity contribution in [3.8, 4) is 17.0 Å². The van der Waals surface area contributed by atoms with Crippen LogP contribution in [0.1, 0.15) is 47.2 Å². The van der Waals surface area contributed by atoms with E-state index in [0.29, 0.717) is 35.1 Å². The van der Waals surface area contributed by atoms with Gasteiger partial charge >= 0.3 is 0 Å². The van der Waals surface area contributed by atoms with Gasteiger partial charge < -0.3 is 14.6 Å². The van der Waals surface area contributed by atoms with Crippen LogP contribution < -0.4 is 10.1 Å². The van der Waals surface area contributed by atoms with E-state index in [2.05, 4.69) is 20.6 Å². The molecule has 1 fully saturated rings. The van der Waals surface area contributed by atoms with E-state index in [0.717, 1.165) is 46.8 Å². The van der Waals surface area contributed by atoms with Gasteiger partial charge in [-0.15, -0.1) is 0 Å². The molecule has 11 heteroatoms. The minimum absolute atomic E-state index is 0.122. The zero-order chi connectivity index (χ0) is 24.4. The van der Waals surface area contributed by atoms with Crippen LogP contribution in [-0.2, 0) is 35.5 Å². The maximum absolute atomic E-state index is 12.1. The molecule has 36 heavy (non-hydrogen) atoms. The molecule has 3 aliphatic rings. The summed E-state index contributed by atoms with van der Waals surface area (Å²) in [5.41, 5.74) is 5.73. The van der Waals surface area contributed by atoms with Crippen molar-refractivity contribution >= 4 is 29.1 Å². The molecule has 1 N–H and O–H groups in total. The number of carbonyl (C=O) groups excluding carboxylic acids is 2. The van der Waals surface area contributed by atoms with Crippen LogP contribution in [0.2, 0.25) is 5.02 Å². The van der Waals surface area contributed by atoms with Gasteiger partial charge in [-0.25, -0.2) is 9.50 Å². The summed E-state index contributed by atoms with van der Waals surface area (Å²) in [6.45, 7) is 1.72. The Morgan fingerprint density at radius 1 is 1.14 bits per heavy atom. The van der Waals surface area contributed by atoms with Crippen LogP contribution in [0.4, 0.5) is 0 Å². The van der Waals surface area contributed by atoms with Crippen LogP contribution in [0.5, 0.6) is 5.75 Å². The average molecular weight is 505 g/mol. The van der Waals surface area contributed by atoms with Crippen molar-refractivity contribution in [1.29, 1.82) is 0 Å². The normalized spacial score (nSPS) is 19.1. The zero-order valence-electron chi connectivity index (χ0n) is 19.2. The van der Waals surface area contributed by atoms with E-state index in [-0.39, 0.29) is 37.3 Å².